The maximum absolute atomic E-state index is 5.42. The molecule has 0 amide bonds. The summed E-state index contributed by atoms with van der Waals surface area (Å²) in [6.45, 7) is 2.24. The van der Waals surface area contributed by atoms with E-state index in [1.807, 2.05) is 0 Å². The van der Waals surface area contributed by atoms with Crippen LogP contribution >= 0.6 is 0 Å². The van der Waals surface area contributed by atoms with Crippen molar-refractivity contribution in [2.24, 2.45) is 0 Å². The van der Waals surface area contributed by atoms with Crippen LogP contribution in [0.2, 0.25) is 0 Å². The molecule has 0 atom stereocenters. The second-order valence-electron chi connectivity index (χ2n) is 4.80. The highest BCUT2D eigenvalue weighted by molar-refractivity contribution is 5.77. The molecule has 0 radical (unpaired) electrons. The van der Waals surface area contributed by atoms with Gasteiger partial charge in [-0.3, -0.25) is 0 Å². The van der Waals surface area contributed by atoms with Crippen LogP contribution in [0.25, 0.3) is 17.5 Å². The van der Waals surface area contributed by atoms with Gasteiger partial charge in [0.1, 0.15) is 6.26 Å². The van der Waals surface area contributed by atoms with Crippen molar-refractivity contribution in [2.75, 3.05) is 0 Å². The molecule has 2 nitrogen and oxygen atoms in total. The number of oxazole rings is 1. The molecule has 1 heterocycles. The van der Waals surface area contributed by atoms with Crippen LogP contribution in [0.15, 0.2) is 40.6 Å². The molecule has 0 fully saturated rings. The van der Waals surface area contributed by atoms with Gasteiger partial charge in [-0.1, -0.05) is 37.1 Å². The molecule has 1 aromatic heterocycles. The maximum Gasteiger partial charge on any atom is 0.226 e. The molecule has 18 heavy (non-hydrogen) atoms. The summed E-state index contributed by atoms with van der Waals surface area (Å²) in [5.74, 6) is 0.722. The normalized spacial score (nSPS) is 13.5. The molecule has 0 N–H and O–H groups in total. The minimum atomic E-state index is 0.722. The molecule has 92 valence electrons. The monoisotopic (exact) mass is 239 g/mol. The van der Waals surface area contributed by atoms with Crippen molar-refractivity contribution < 1.29 is 4.42 Å². The predicted molar refractivity (Wildman–Crippen MR) is 73.1 cm³/mol. The molecule has 1 aromatic carbocycles. The van der Waals surface area contributed by atoms with Crippen molar-refractivity contribution in [2.45, 2.75) is 32.6 Å². The molecule has 0 spiro atoms. The molecule has 2 heteroatoms. The Morgan fingerprint density at radius 3 is 3.06 bits per heavy atom. The summed E-state index contributed by atoms with van der Waals surface area (Å²) in [5.41, 5.74) is 5.35. The SMILES string of the molecule is CCCCC1=Cc2c(cccc2-c2ncco2)C1. The molecule has 3 rings (SSSR count). The Morgan fingerprint density at radius 2 is 2.28 bits per heavy atom. The largest absolute Gasteiger partial charge is 0.445 e. The van der Waals surface area contributed by atoms with Gasteiger partial charge >= 0.3 is 0 Å². The quantitative estimate of drug-likeness (QED) is 0.786. The number of hydrogen-bond acceptors (Lipinski definition) is 2. The van der Waals surface area contributed by atoms with Gasteiger partial charge in [0, 0.05) is 5.56 Å². The third-order valence-corrected chi connectivity index (χ3v) is 3.48. The Balaban J connectivity index is 1.96. The van der Waals surface area contributed by atoms with Crippen molar-refractivity contribution in [3.8, 4) is 11.5 Å². The summed E-state index contributed by atoms with van der Waals surface area (Å²) in [7, 11) is 0. The highest BCUT2D eigenvalue weighted by Gasteiger charge is 2.17. The van der Waals surface area contributed by atoms with E-state index >= 15 is 0 Å². The first kappa shape index (κ1) is 11.3. The van der Waals surface area contributed by atoms with Crippen LogP contribution in [0.3, 0.4) is 0 Å². The molecule has 2 aromatic rings. The number of aromatic nitrogens is 1. The van der Waals surface area contributed by atoms with Gasteiger partial charge in [0.2, 0.25) is 5.89 Å². The fourth-order valence-electron chi connectivity index (χ4n) is 2.54. The first-order valence-electron chi connectivity index (χ1n) is 6.59. The molecule has 0 unspecified atom stereocenters. The topological polar surface area (TPSA) is 26.0 Å². The number of fused-ring (bicyclic) bond motifs is 1. The zero-order chi connectivity index (χ0) is 12.4. The Morgan fingerprint density at radius 1 is 1.33 bits per heavy atom. The lowest BCUT2D eigenvalue weighted by atomic mass is 10.0. The van der Waals surface area contributed by atoms with Gasteiger partial charge < -0.3 is 4.42 Å². The summed E-state index contributed by atoms with van der Waals surface area (Å²) < 4.78 is 5.42. The predicted octanol–water partition coefficient (Wildman–Crippen LogP) is 4.47. The van der Waals surface area contributed by atoms with Crippen molar-refractivity contribution in [1.29, 1.82) is 0 Å². The minimum absolute atomic E-state index is 0.722. The highest BCUT2D eigenvalue weighted by atomic mass is 16.3. The number of benzene rings is 1. The average Bonchev–Trinajstić information content (AvgIpc) is 3.04. The smallest absolute Gasteiger partial charge is 0.226 e. The average molecular weight is 239 g/mol. The van der Waals surface area contributed by atoms with E-state index in [2.05, 4.69) is 36.2 Å². The van der Waals surface area contributed by atoms with E-state index < -0.39 is 0 Å². The molecule has 0 saturated carbocycles. The van der Waals surface area contributed by atoms with Crippen molar-refractivity contribution in [3.05, 3.63) is 47.4 Å². The van der Waals surface area contributed by atoms with Crippen molar-refractivity contribution in [3.63, 3.8) is 0 Å². The number of unbranched alkanes of at least 4 members (excludes halogenated alkanes) is 1. The summed E-state index contributed by atoms with van der Waals surface area (Å²) in [6.07, 6.45) is 10.5. The van der Waals surface area contributed by atoms with Gasteiger partial charge in [0.25, 0.3) is 0 Å². The first-order chi connectivity index (χ1) is 8.88. The second kappa shape index (κ2) is 4.81. The van der Waals surface area contributed by atoms with Gasteiger partial charge in [0.15, 0.2) is 0 Å². The van der Waals surface area contributed by atoms with E-state index in [-0.39, 0.29) is 0 Å². The third-order valence-electron chi connectivity index (χ3n) is 3.48. The van der Waals surface area contributed by atoms with Gasteiger partial charge in [-0.25, -0.2) is 4.98 Å². The number of allylic oxidation sites excluding steroid dienone is 1. The van der Waals surface area contributed by atoms with Crippen LogP contribution in [0.4, 0.5) is 0 Å². The molecular weight excluding hydrogens is 222 g/mol. The van der Waals surface area contributed by atoms with Crippen LogP contribution in [0, 0.1) is 0 Å². The molecular formula is C16H17NO. The lowest BCUT2D eigenvalue weighted by molar-refractivity contribution is 0.574. The van der Waals surface area contributed by atoms with Gasteiger partial charge in [-0.2, -0.15) is 0 Å². The number of rotatable bonds is 4. The van der Waals surface area contributed by atoms with Crippen LogP contribution < -0.4 is 0 Å². The molecule has 1 aliphatic rings. The zero-order valence-electron chi connectivity index (χ0n) is 10.6. The van der Waals surface area contributed by atoms with Crippen molar-refractivity contribution in [1.82, 2.24) is 4.98 Å². The summed E-state index contributed by atoms with van der Waals surface area (Å²) in [4.78, 5) is 4.26. The first-order valence-corrected chi connectivity index (χ1v) is 6.59. The molecule has 0 bridgehead atoms. The van der Waals surface area contributed by atoms with Gasteiger partial charge in [0.05, 0.1) is 6.20 Å². The van der Waals surface area contributed by atoms with Crippen LogP contribution in [0.5, 0.6) is 0 Å². The fourth-order valence-corrected chi connectivity index (χ4v) is 2.54. The zero-order valence-corrected chi connectivity index (χ0v) is 10.6. The van der Waals surface area contributed by atoms with E-state index in [4.69, 9.17) is 4.42 Å². The third kappa shape index (κ3) is 1.99. The van der Waals surface area contributed by atoms with Crippen LogP contribution in [-0.4, -0.2) is 4.98 Å². The van der Waals surface area contributed by atoms with E-state index in [0.717, 1.165) is 17.9 Å². The fraction of sp³-hybridized carbons (Fsp3) is 0.312. The van der Waals surface area contributed by atoms with E-state index in [9.17, 15) is 0 Å². The molecule has 0 saturated heterocycles. The Bertz CT molecular complexity index is 567. The Kier molecular flexibility index (Phi) is 3.01. The second-order valence-corrected chi connectivity index (χ2v) is 4.80. The van der Waals surface area contributed by atoms with Crippen LogP contribution in [-0.2, 0) is 6.42 Å². The minimum Gasteiger partial charge on any atom is -0.445 e. The summed E-state index contributed by atoms with van der Waals surface area (Å²) >= 11 is 0. The Labute approximate surface area is 107 Å². The van der Waals surface area contributed by atoms with E-state index in [1.165, 1.54) is 36.0 Å². The molecule has 1 aliphatic carbocycles. The standard InChI is InChI=1S/C16H17NO/c1-2-3-5-12-10-13-6-4-7-14(15(13)11-12)16-17-8-9-18-16/h4,6-9,11H,2-3,5,10H2,1H3. The maximum atomic E-state index is 5.42. The van der Waals surface area contributed by atoms with Gasteiger partial charge in [-0.05, 0) is 36.5 Å². The number of nitrogens with zero attached hydrogens (tertiary/aromatic N) is 1. The Hall–Kier alpha value is -1.83. The van der Waals surface area contributed by atoms with E-state index in [1.54, 1.807) is 12.5 Å². The summed E-state index contributed by atoms with van der Waals surface area (Å²) in [5, 5.41) is 0. The lowest BCUT2D eigenvalue weighted by Crippen LogP contribution is -1.87. The number of hydrogen-bond donors (Lipinski definition) is 0. The van der Waals surface area contributed by atoms with E-state index in [0.29, 0.717) is 0 Å². The van der Waals surface area contributed by atoms with Crippen LogP contribution in [0.1, 0.15) is 37.3 Å². The highest BCUT2D eigenvalue weighted by Crippen LogP contribution is 2.34. The van der Waals surface area contributed by atoms with Gasteiger partial charge in [-0.15, -0.1) is 0 Å². The molecule has 0 aliphatic heterocycles. The van der Waals surface area contributed by atoms with Crippen molar-refractivity contribution >= 4 is 6.08 Å². The summed E-state index contributed by atoms with van der Waals surface area (Å²) in [6, 6.07) is 6.39. The lowest BCUT2D eigenvalue weighted by Gasteiger charge is -2.03.